The van der Waals surface area contributed by atoms with E-state index in [-0.39, 0.29) is 18.0 Å². The Labute approximate surface area is 117 Å². The minimum atomic E-state index is -0.174. The molecule has 0 bridgehead atoms. The SMILES string of the molecule is O=C(Cn1nc2c(cc1=O)CCCC2)N1CCOCC1. The van der Waals surface area contributed by atoms with E-state index in [1.165, 1.54) is 4.68 Å². The standard InChI is InChI=1S/C14H19N3O3/c18-13-9-11-3-1-2-4-12(11)15-17(13)10-14(19)16-5-7-20-8-6-16/h9H,1-8,10H2. The molecule has 0 radical (unpaired) electrons. The topological polar surface area (TPSA) is 64.4 Å². The molecule has 1 amide bonds. The van der Waals surface area contributed by atoms with Gasteiger partial charge in [-0.3, -0.25) is 9.59 Å². The van der Waals surface area contributed by atoms with Crippen LogP contribution in [0.3, 0.4) is 0 Å². The molecule has 1 aromatic rings. The van der Waals surface area contributed by atoms with Gasteiger partial charge in [-0.1, -0.05) is 0 Å². The van der Waals surface area contributed by atoms with E-state index in [0.717, 1.165) is 36.9 Å². The second-order valence-corrected chi connectivity index (χ2v) is 5.31. The molecule has 6 heteroatoms. The van der Waals surface area contributed by atoms with Gasteiger partial charge in [0.05, 0.1) is 18.9 Å². The molecule has 6 nitrogen and oxygen atoms in total. The molecule has 0 atom stereocenters. The molecule has 20 heavy (non-hydrogen) atoms. The van der Waals surface area contributed by atoms with Crippen molar-refractivity contribution in [3.8, 4) is 0 Å². The molecule has 3 rings (SSSR count). The maximum atomic E-state index is 12.2. The number of morpholine rings is 1. The number of carbonyl (C=O) groups is 1. The first kappa shape index (κ1) is 13.3. The Bertz CT molecular complexity index is 561. The molecular weight excluding hydrogens is 258 g/mol. The quantitative estimate of drug-likeness (QED) is 0.762. The number of hydrogen-bond donors (Lipinski definition) is 0. The molecule has 1 saturated heterocycles. The third-order valence-corrected chi connectivity index (χ3v) is 3.92. The number of carbonyl (C=O) groups excluding carboxylic acids is 1. The molecule has 0 saturated carbocycles. The average Bonchev–Trinajstić information content (AvgIpc) is 2.49. The van der Waals surface area contributed by atoms with Gasteiger partial charge in [0.15, 0.2) is 0 Å². The summed E-state index contributed by atoms with van der Waals surface area (Å²) >= 11 is 0. The van der Waals surface area contributed by atoms with Crippen LogP contribution in [-0.4, -0.2) is 46.9 Å². The summed E-state index contributed by atoms with van der Waals surface area (Å²) in [6, 6.07) is 1.65. The molecule has 1 aromatic heterocycles. The van der Waals surface area contributed by atoms with Crippen molar-refractivity contribution < 1.29 is 9.53 Å². The van der Waals surface area contributed by atoms with Crippen molar-refractivity contribution in [2.75, 3.05) is 26.3 Å². The molecule has 108 valence electrons. The van der Waals surface area contributed by atoms with Crippen molar-refractivity contribution in [2.45, 2.75) is 32.2 Å². The van der Waals surface area contributed by atoms with Crippen molar-refractivity contribution in [1.82, 2.24) is 14.7 Å². The van der Waals surface area contributed by atoms with Gasteiger partial charge in [0.2, 0.25) is 5.91 Å². The van der Waals surface area contributed by atoms with Crippen molar-refractivity contribution >= 4 is 5.91 Å². The molecule has 1 aliphatic carbocycles. The monoisotopic (exact) mass is 277 g/mol. The molecule has 2 heterocycles. The molecule has 1 fully saturated rings. The summed E-state index contributed by atoms with van der Waals surface area (Å²) in [6.45, 7) is 2.36. The minimum Gasteiger partial charge on any atom is -0.378 e. The van der Waals surface area contributed by atoms with E-state index in [0.29, 0.717) is 26.3 Å². The van der Waals surface area contributed by atoms with E-state index < -0.39 is 0 Å². The molecule has 2 aliphatic rings. The summed E-state index contributed by atoms with van der Waals surface area (Å²) < 4.78 is 6.53. The molecule has 0 aromatic carbocycles. The smallest absolute Gasteiger partial charge is 0.267 e. The summed E-state index contributed by atoms with van der Waals surface area (Å²) in [5, 5.41) is 4.37. The van der Waals surface area contributed by atoms with E-state index in [4.69, 9.17) is 4.74 Å². The minimum absolute atomic E-state index is 0.0338. The van der Waals surface area contributed by atoms with Crippen LogP contribution in [0.5, 0.6) is 0 Å². The second-order valence-electron chi connectivity index (χ2n) is 5.31. The lowest BCUT2D eigenvalue weighted by Crippen LogP contribution is -2.44. The summed E-state index contributed by atoms with van der Waals surface area (Å²) in [5.41, 5.74) is 1.86. The predicted molar refractivity (Wildman–Crippen MR) is 72.5 cm³/mol. The zero-order chi connectivity index (χ0) is 13.9. The van der Waals surface area contributed by atoms with Crippen LogP contribution in [0.15, 0.2) is 10.9 Å². The van der Waals surface area contributed by atoms with Crippen LogP contribution >= 0.6 is 0 Å². The number of ether oxygens (including phenoxy) is 1. The Morgan fingerprint density at radius 3 is 2.80 bits per heavy atom. The second kappa shape index (κ2) is 5.75. The number of fused-ring (bicyclic) bond motifs is 1. The molecule has 0 N–H and O–H groups in total. The van der Waals surface area contributed by atoms with E-state index in [2.05, 4.69) is 5.10 Å². The highest BCUT2D eigenvalue weighted by atomic mass is 16.5. The highest BCUT2D eigenvalue weighted by molar-refractivity contribution is 5.75. The summed E-state index contributed by atoms with van der Waals surface area (Å²) in [7, 11) is 0. The Morgan fingerprint density at radius 2 is 2.00 bits per heavy atom. The van der Waals surface area contributed by atoms with Gasteiger partial charge in [0.25, 0.3) is 5.56 Å². The zero-order valence-electron chi connectivity index (χ0n) is 11.5. The van der Waals surface area contributed by atoms with Gasteiger partial charge in [-0.2, -0.15) is 5.10 Å². The summed E-state index contributed by atoms with van der Waals surface area (Å²) in [6.07, 6.45) is 4.05. The number of hydrogen-bond acceptors (Lipinski definition) is 4. The molecule has 0 spiro atoms. The highest BCUT2D eigenvalue weighted by Crippen LogP contribution is 2.16. The Hall–Kier alpha value is -1.69. The van der Waals surface area contributed by atoms with Crippen molar-refractivity contribution in [3.05, 3.63) is 27.7 Å². The maximum Gasteiger partial charge on any atom is 0.267 e. The van der Waals surface area contributed by atoms with Gasteiger partial charge in [0, 0.05) is 19.2 Å². The van der Waals surface area contributed by atoms with Gasteiger partial charge >= 0.3 is 0 Å². The van der Waals surface area contributed by atoms with Gasteiger partial charge in [-0.25, -0.2) is 4.68 Å². The van der Waals surface area contributed by atoms with Crippen LogP contribution in [0, 0.1) is 0 Å². The van der Waals surface area contributed by atoms with Gasteiger partial charge in [-0.15, -0.1) is 0 Å². The first-order valence-electron chi connectivity index (χ1n) is 7.19. The van der Waals surface area contributed by atoms with Crippen LogP contribution in [-0.2, 0) is 28.9 Å². The Kier molecular flexibility index (Phi) is 3.82. The van der Waals surface area contributed by atoms with Crippen molar-refractivity contribution in [1.29, 1.82) is 0 Å². The predicted octanol–water partition coefficient (Wildman–Crippen LogP) is -0.0191. The number of nitrogens with zero attached hydrogens (tertiary/aromatic N) is 3. The lowest BCUT2D eigenvalue weighted by molar-refractivity contribution is -0.136. The normalized spacial score (nSPS) is 18.7. The Balaban J connectivity index is 1.76. The van der Waals surface area contributed by atoms with E-state index in [1.54, 1.807) is 11.0 Å². The highest BCUT2D eigenvalue weighted by Gasteiger charge is 2.19. The van der Waals surface area contributed by atoms with E-state index in [9.17, 15) is 9.59 Å². The average molecular weight is 277 g/mol. The van der Waals surface area contributed by atoms with Gasteiger partial charge < -0.3 is 9.64 Å². The van der Waals surface area contributed by atoms with Crippen LogP contribution in [0.25, 0.3) is 0 Å². The van der Waals surface area contributed by atoms with Gasteiger partial charge in [-0.05, 0) is 31.2 Å². The zero-order valence-corrected chi connectivity index (χ0v) is 11.5. The number of rotatable bonds is 2. The molecular formula is C14H19N3O3. The summed E-state index contributed by atoms with van der Waals surface area (Å²) in [4.78, 5) is 25.9. The third-order valence-electron chi connectivity index (χ3n) is 3.92. The fourth-order valence-electron chi connectivity index (χ4n) is 2.76. The Morgan fingerprint density at radius 1 is 1.25 bits per heavy atom. The first-order chi connectivity index (χ1) is 9.74. The number of aromatic nitrogens is 2. The maximum absolute atomic E-state index is 12.2. The van der Waals surface area contributed by atoms with Gasteiger partial charge in [0.1, 0.15) is 6.54 Å². The van der Waals surface area contributed by atoms with E-state index >= 15 is 0 Å². The van der Waals surface area contributed by atoms with Crippen molar-refractivity contribution in [2.24, 2.45) is 0 Å². The number of aryl methyl sites for hydroxylation is 2. The van der Waals surface area contributed by atoms with Crippen LogP contribution in [0.4, 0.5) is 0 Å². The van der Waals surface area contributed by atoms with Crippen LogP contribution < -0.4 is 5.56 Å². The lowest BCUT2D eigenvalue weighted by Gasteiger charge is -2.27. The molecule has 1 aliphatic heterocycles. The fraction of sp³-hybridized carbons (Fsp3) is 0.643. The number of amides is 1. The third kappa shape index (κ3) is 2.75. The largest absolute Gasteiger partial charge is 0.378 e. The van der Waals surface area contributed by atoms with E-state index in [1.807, 2.05) is 0 Å². The van der Waals surface area contributed by atoms with Crippen LogP contribution in [0.1, 0.15) is 24.1 Å². The summed E-state index contributed by atoms with van der Waals surface area (Å²) in [5.74, 6) is -0.0568. The van der Waals surface area contributed by atoms with Crippen molar-refractivity contribution in [3.63, 3.8) is 0 Å². The van der Waals surface area contributed by atoms with Crippen LogP contribution in [0.2, 0.25) is 0 Å². The lowest BCUT2D eigenvalue weighted by atomic mass is 9.97. The fourth-order valence-corrected chi connectivity index (χ4v) is 2.76. The first-order valence-corrected chi connectivity index (χ1v) is 7.19. The molecule has 0 unspecified atom stereocenters.